The van der Waals surface area contributed by atoms with Crippen molar-refractivity contribution in [1.29, 1.82) is 0 Å². The summed E-state index contributed by atoms with van der Waals surface area (Å²) in [6.07, 6.45) is 0.913. The molecule has 0 fully saturated rings. The number of benzene rings is 1. The predicted molar refractivity (Wildman–Crippen MR) is 59.1 cm³/mol. The van der Waals surface area contributed by atoms with Gasteiger partial charge < -0.3 is 10.4 Å². The fourth-order valence-electron chi connectivity index (χ4n) is 1.54. The first-order valence-corrected chi connectivity index (χ1v) is 5.29. The van der Waals surface area contributed by atoms with Crippen LogP contribution >= 0.6 is 0 Å². The van der Waals surface area contributed by atoms with Gasteiger partial charge in [0.25, 0.3) is 0 Å². The Hall–Kier alpha value is -0.930. The van der Waals surface area contributed by atoms with Crippen molar-refractivity contribution in [3.05, 3.63) is 35.6 Å². The number of aliphatic hydroxyl groups is 1. The molecular formula is C12H18FNO. The molecule has 0 bridgehead atoms. The molecule has 84 valence electrons. The third-order valence-electron chi connectivity index (χ3n) is 2.44. The molecule has 0 aliphatic carbocycles. The van der Waals surface area contributed by atoms with Crippen molar-refractivity contribution >= 4 is 0 Å². The van der Waals surface area contributed by atoms with Crippen LogP contribution in [0.3, 0.4) is 0 Å². The average molecular weight is 211 g/mol. The molecule has 2 N–H and O–H groups in total. The number of aliphatic hydroxyl groups excluding tert-OH is 1. The molecule has 0 aromatic heterocycles. The molecule has 1 aromatic rings. The minimum atomic E-state index is -0.219. The third kappa shape index (κ3) is 3.61. The van der Waals surface area contributed by atoms with Gasteiger partial charge in [-0.25, -0.2) is 4.39 Å². The topological polar surface area (TPSA) is 32.3 Å². The van der Waals surface area contributed by atoms with E-state index in [0.717, 1.165) is 12.0 Å². The molecule has 0 aliphatic heterocycles. The summed E-state index contributed by atoms with van der Waals surface area (Å²) in [6, 6.07) is 6.71. The Morgan fingerprint density at radius 2 is 1.93 bits per heavy atom. The Morgan fingerprint density at radius 3 is 2.40 bits per heavy atom. The number of halogens is 1. The van der Waals surface area contributed by atoms with Crippen LogP contribution in [0.1, 0.15) is 31.9 Å². The van der Waals surface area contributed by atoms with E-state index in [0.29, 0.717) is 0 Å². The van der Waals surface area contributed by atoms with Crippen molar-refractivity contribution in [2.75, 3.05) is 6.61 Å². The van der Waals surface area contributed by atoms with Crippen LogP contribution in [0.25, 0.3) is 0 Å². The lowest BCUT2D eigenvalue weighted by Crippen LogP contribution is -2.32. The molecule has 0 radical (unpaired) electrons. The minimum Gasteiger partial charge on any atom is -0.395 e. The van der Waals surface area contributed by atoms with Crippen LogP contribution in [0, 0.1) is 5.82 Å². The summed E-state index contributed by atoms with van der Waals surface area (Å²) < 4.78 is 12.7. The molecule has 1 aromatic carbocycles. The van der Waals surface area contributed by atoms with Crippen molar-refractivity contribution in [1.82, 2.24) is 5.32 Å². The zero-order chi connectivity index (χ0) is 11.3. The number of hydrogen-bond acceptors (Lipinski definition) is 2. The lowest BCUT2D eigenvalue weighted by atomic mass is 10.0. The van der Waals surface area contributed by atoms with Gasteiger partial charge in [-0.05, 0) is 31.0 Å². The fraction of sp³-hybridized carbons (Fsp3) is 0.500. The fourth-order valence-corrected chi connectivity index (χ4v) is 1.54. The first kappa shape index (κ1) is 12.1. The van der Waals surface area contributed by atoms with E-state index in [2.05, 4.69) is 12.2 Å². The molecule has 0 spiro atoms. The van der Waals surface area contributed by atoms with E-state index in [-0.39, 0.29) is 24.5 Å². The van der Waals surface area contributed by atoms with Crippen molar-refractivity contribution in [3.63, 3.8) is 0 Å². The highest BCUT2D eigenvalue weighted by atomic mass is 19.1. The van der Waals surface area contributed by atoms with E-state index >= 15 is 0 Å². The highest BCUT2D eigenvalue weighted by Crippen LogP contribution is 2.17. The SMILES string of the molecule is CCC(NC(C)CO)c1ccc(F)cc1. The van der Waals surface area contributed by atoms with Crippen LogP contribution in [0.5, 0.6) is 0 Å². The molecule has 15 heavy (non-hydrogen) atoms. The molecule has 0 aliphatic rings. The summed E-state index contributed by atoms with van der Waals surface area (Å²) in [4.78, 5) is 0. The highest BCUT2D eigenvalue weighted by Gasteiger charge is 2.11. The molecule has 2 unspecified atom stereocenters. The van der Waals surface area contributed by atoms with Crippen LogP contribution in [0.2, 0.25) is 0 Å². The summed E-state index contributed by atoms with van der Waals surface area (Å²) >= 11 is 0. The van der Waals surface area contributed by atoms with Gasteiger partial charge in [0.1, 0.15) is 5.82 Å². The van der Waals surface area contributed by atoms with Gasteiger partial charge in [0.2, 0.25) is 0 Å². The summed E-state index contributed by atoms with van der Waals surface area (Å²) in [5, 5.41) is 12.2. The van der Waals surface area contributed by atoms with E-state index in [1.807, 2.05) is 6.92 Å². The normalized spacial score (nSPS) is 14.9. The maximum absolute atomic E-state index is 12.7. The molecule has 2 nitrogen and oxygen atoms in total. The van der Waals surface area contributed by atoms with Crippen molar-refractivity contribution in [2.24, 2.45) is 0 Å². The van der Waals surface area contributed by atoms with Gasteiger partial charge >= 0.3 is 0 Å². The van der Waals surface area contributed by atoms with E-state index in [1.165, 1.54) is 12.1 Å². The maximum Gasteiger partial charge on any atom is 0.123 e. The number of nitrogens with one attached hydrogen (secondary N) is 1. The first-order valence-electron chi connectivity index (χ1n) is 5.29. The number of rotatable bonds is 5. The summed E-state index contributed by atoms with van der Waals surface area (Å²) in [5.41, 5.74) is 1.05. The van der Waals surface area contributed by atoms with Gasteiger partial charge in [-0.2, -0.15) is 0 Å². The second-order valence-electron chi connectivity index (χ2n) is 3.76. The Labute approximate surface area is 90.1 Å². The van der Waals surface area contributed by atoms with Crippen molar-refractivity contribution in [3.8, 4) is 0 Å². The largest absolute Gasteiger partial charge is 0.395 e. The molecule has 0 saturated heterocycles. The van der Waals surface area contributed by atoms with E-state index in [4.69, 9.17) is 5.11 Å². The van der Waals surface area contributed by atoms with Gasteiger partial charge in [-0.3, -0.25) is 0 Å². The Kier molecular flexibility index (Phi) is 4.72. The number of hydrogen-bond donors (Lipinski definition) is 2. The van der Waals surface area contributed by atoms with Crippen LogP contribution in [0.15, 0.2) is 24.3 Å². The van der Waals surface area contributed by atoms with Crippen LogP contribution in [0.4, 0.5) is 4.39 Å². The minimum absolute atomic E-state index is 0.0556. The van der Waals surface area contributed by atoms with Gasteiger partial charge in [-0.15, -0.1) is 0 Å². The van der Waals surface area contributed by atoms with E-state index in [9.17, 15) is 4.39 Å². The predicted octanol–water partition coefficient (Wildman–Crippen LogP) is 2.25. The molecule has 0 amide bonds. The molecule has 0 saturated carbocycles. The van der Waals surface area contributed by atoms with Crippen LogP contribution < -0.4 is 5.32 Å². The summed E-state index contributed by atoms with van der Waals surface area (Å²) in [5.74, 6) is -0.219. The summed E-state index contributed by atoms with van der Waals surface area (Å²) in [7, 11) is 0. The van der Waals surface area contributed by atoms with Gasteiger partial charge in [0, 0.05) is 12.1 Å². The summed E-state index contributed by atoms with van der Waals surface area (Å²) in [6.45, 7) is 4.09. The standard InChI is InChI=1S/C12H18FNO/c1-3-12(14-9(2)8-15)10-4-6-11(13)7-5-10/h4-7,9,12,14-15H,3,8H2,1-2H3. The average Bonchev–Trinajstić information content (AvgIpc) is 2.27. The zero-order valence-corrected chi connectivity index (χ0v) is 9.20. The molecule has 2 atom stereocenters. The van der Waals surface area contributed by atoms with Crippen LogP contribution in [-0.4, -0.2) is 17.8 Å². The molecule has 0 heterocycles. The van der Waals surface area contributed by atoms with Gasteiger partial charge in [0.05, 0.1) is 6.61 Å². The quantitative estimate of drug-likeness (QED) is 0.783. The molecule has 3 heteroatoms. The Balaban J connectivity index is 2.69. The third-order valence-corrected chi connectivity index (χ3v) is 2.44. The Bertz CT molecular complexity index is 286. The Morgan fingerprint density at radius 1 is 1.33 bits per heavy atom. The lowest BCUT2D eigenvalue weighted by molar-refractivity contribution is 0.239. The zero-order valence-electron chi connectivity index (χ0n) is 9.20. The molecular weight excluding hydrogens is 193 g/mol. The lowest BCUT2D eigenvalue weighted by Gasteiger charge is -2.21. The van der Waals surface area contributed by atoms with Gasteiger partial charge in [-0.1, -0.05) is 19.1 Å². The second-order valence-corrected chi connectivity index (χ2v) is 3.76. The maximum atomic E-state index is 12.7. The van der Waals surface area contributed by atoms with E-state index in [1.54, 1.807) is 12.1 Å². The van der Waals surface area contributed by atoms with Gasteiger partial charge in [0.15, 0.2) is 0 Å². The van der Waals surface area contributed by atoms with Crippen LogP contribution in [-0.2, 0) is 0 Å². The smallest absolute Gasteiger partial charge is 0.123 e. The highest BCUT2D eigenvalue weighted by molar-refractivity contribution is 5.19. The van der Waals surface area contributed by atoms with Crippen molar-refractivity contribution < 1.29 is 9.50 Å². The van der Waals surface area contributed by atoms with E-state index < -0.39 is 0 Å². The van der Waals surface area contributed by atoms with Crippen molar-refractivity contribution in [2.45, 2.75) is 32.4 Å². The first-order chi connectivity index (χ1) is 7.17. The molecule has 1 rings (SSSR count). The monoisotopic (exact) mass is 211 g/mol. The second kappa shape index (κ2) is 5.83.